The van der Waals surface area contributed by atoms with Crippen LogP contribution in [0, 0.1) is 11.3 Å². The molecule has 106 valence electrons. The zero-order chi connectivity index (χ0) is 15.0. The van der Waals surface area contributed by atoms with Gasteiger partial charge in [0.1, 0.15) is 6.42 Å². The van der Waals surface area contributed by atoms with Gasteiger partial charge in [-0.2, -0.15) is 5.26 Å². The fourth-order valence-electron chi connectivity index (χ4n) is 1.46. The van der Waals surface area contributed by atoms with Gasteiger partial charge in [-0.25, -0.2) is 4.79 Å². The number of nitrogens with zero attached hydrogens (tertiary/aromatic N) is 1. The first-order chi connectivity index (χ1) is 9.60. The van der Waals surface area contributed by atoms with E-state index in [9.17, 15) is 9.59 Å². The average molecular weight is 277 g/mol. The standard InChI is InChI=1S/C13H15N3O4/c1-19-10-4-3-9(7-11(10)20-2)8-15-13(18)16-12(17)5-6-14/h3-4,7H,5,8H2,1-2H3,(H2,15,16,17,18). The molecule has 1 aromatic carbocycles. The average Bonchev–Trinajstić information content (AvgIpc) is 2.44. The maximum absolute atomic E-state index is 11.4. The predicted octanol–water partition coefficient (Wildman–Crippen LogP) is 0.943. The van der Waals surface area contributed by atoms with E-state index < -0.39 is 11.9 Å². The van der Waals surface area contributed by atoms with E-state index in [1.54, 1.807) is 24.3 Å². The van der Waals surface area contributed by atoms with E-state index in [-0.39, 0.29) is 13.0 Å². The summed E-state index contributed by atoms with van der Waals surface area (Å²) in [4.78, 5) is 22.4. The molecule has 0 fully saturated rings. The van der Waals surface area contributed by atoms with E-state index in [1.807, 2.05) is 5.32 Å². The zero-order valence-corrected chi connectivity index (χ0v) is 11.2. The molecule has 0 unspecified atom stereocenters. The van der Waals surface area contributed by atoms with Gasteiger partial charge in [0.15, 0.2) is 11.5 Å². The molecule has 0 aliphatic heterocycles. The minimum atomic E-state index is -0.653. The van der Waals surface area contributed by atoms with Crippen molar-refractivity contribution in [1.29, 1.82) is 5.26 Å². The number of hydrogen-bond donors (Lipinski definition) is 2. The molecule has 0 saturated carbocycles. The Morgan fingerprint density at radius 2 is 1.95 bits per heavy atom. The van der Waals surface area contributed by atoms with Crippen LogP contribution in [-0.2, 0) is 11.3 Å². The first kappa shape index (κ1) is 15.3. The van der Waals surface area contributed by atoms with Crippen LogP contribution in [0.3, 0.4) is 0 Å². The first-order valence-corrected chi connectivity index (χ1v) is 5.76. The lowest BCUT2D eigenvalue weighted by molar-refractivity contribution is -0.119. The number of carbonyl (C=O) groups excluding carboxylic acids is 2. The minimum absolute atomic E-state index is 0.214. The van der Waals surface area contributed by atoms with Crippen LogP contribution in [0.5, 0.6) is 11.5 Å². The number of benzene rings is 1. The lowest BCUT2D eigenvalue weighted by Crippen LogP contribution is -2.38. The van der Waals surface area contributed by atoms with Gasteiger partial charge >= 0.3 is 6.03 Å². The van der Waals surface area contributed by atoms with Gasteiger partial charge in [0, 0.05) is 6.54 Å². The molecule has 7 heteroatoms. The number of urea groups is 1. The number of rotatable bonds is 5. The Bertz CT molecular complexity index is 537. The third kappa shape index (κ3) is 4.49. The summed E-state index contributed by atoms with van der Waals surface area (Å²) in [7, 11) is 3.05. The molecular weight excluding hydrogens is 262 g/mol. The highest BCUT2D eigenvalue weighted by Crippen LogP contribution is 2.27. The minimum Gasteiger partial charge on any atom is -0.493 e. The van der Waals surface area contributed by atoms with Gasteiger partial charge in [0.05, 0.1) is 20.3 Å². The summed E-state index contributed by atoms with van der Waals surface area (Å²) >= 11 is 0. The van der Waals surface area contributed by atoms with E-state index in [0.717, 1.165) is 5.56 Å². The Labute approximate surface area is 116 Å². The van der Waals surface area contributed by atoms with Gasteiger partial charge < -0.3 is 14.8 Å². The number of hydrogen-bond acceptors (Lipinski definition) is 5. The summed E-state index contributed by atoms with van der Waals surface area (Å²) in [5.41, 5.74) is 0.783. The molecule has 1 rings (SSSR count). The van der Waals surface area contributed by atoms with E-state index in [4.69, 9.17) is 14.7 Å². The van der Waals surface area contributed by atoms with Crippen LogP contribution >= 0.6 is 0 Å². The van der Waals surface area contributed by atoms with Crippen molar-refractivity contribution in [2.75, 3.05) is 14.2 Å². The molecule has 1 aromatic rings. The number of nitrogens with one attached hydrogen (secondary N) is 2. The van der Waals surface area contributed by atoms with Crippen molar-refractivity contribution in [3.8, 4) is 17.6 Å². The molecule has 0 heterocycles. The quantitative estimate of drug-likeness (QED) is 0.834. The van der Waals surface area contributed by atoms with Crippen LogP contribution in [0.2, 0.25) is 0 Å². The molecule has 0 bridgehead atoms. The van der Waals surface area contributed by atoms with E-state index in [1.165, 1.54) is 14.2 Å². The SMILES string of the molecule is COc1ccc(CNC(=O)NC(=O)CC#N)cc1OC. The van der Waals surface area contributed by atoms with Crippen molar-refractivity contribution in [3.63, 3.8) is 0 Å². The normalized spacial score (nSPS) is 9.25. The Kier molecular flexibility index (Phi) is 5.84. The molecule has 7 nitrogen and oxygen atoms in total. The lowest BCUT2D eigenvalue weighted by Gasteiger charge is -2.10. The smallest absolute Gasteiger partial charge is 0.321 e. The molecule has 0 saturated heterocycles. The van der Waals surface area contributed by atoms with Crippen LogP contribution in [-0.4, -0.2) is 26.2 Å². The summed E-state index contributed by atoms with van der Waals surface area (Å²) in [5.74, 6) is 0.495. The number of imide groups is 1. The summed E-state index contributed by atoms with van der Waals surface area (Å²) in [6, 6.07) is 6.20. The molecule has 3 amide bonds. The molecule has 2 N–H and O–H groups in total. The second-order valence-electron chi connectivity index (χ2n) is 3.76. The molecule has 20 heavy (non-hydrogen) atoms. The molecule has 0 aromatic heterocycles. The number of ether oxygens (including phenoxy) is 2. The monoisotopic (exact) mass is 277 g/mol. The zero-order valence-electron chi connectivity index (χ0n) is 11.2. The lowest BCUT2D eigenvalue weighted by atomic mass is 10.2. The summed E-state index contributed by atoms with van der Waals surface area (Å²) in [6.45, 7) is 0.214. The molecule has 0 atom stereocenters. The highest BCUT2D eigenvalue weighted by molar-refractivity contribution is 5.95. The number of carbonyl (C=O) groups is 2. The Morgan fingerprint density at radius 3 is 2.55 bits per heavy atom. The van der Waals surface area contributed by atoms with Gasteiger partial charge in [-0.1, -0.05) is 6.07 Å². The van der Waals surface area contributed by atoms with Crippen LogP contribution < -0.4 is 20.1 Å². The topological polar surface area (TPSA) is 100 Å². The third-order valence-corrected chi connectivity index (χ3v) is 2.39. The highest BCUT2D eigenvalue weighted by Gasteiger charge is 2.08. The van der Waals surface area contributed by atoms with Crippen LogP contribution in [0.4, 0.5) is 4.79 Å². The number of nitriles is 1. The van der Waals surface area contributed by atoms with Crippen LogP contribution in [0.1, 0.15) is 12.0 Å². The number of methoxy groups -OCH3 is 2. The molecule has 0 radical (unpaired) electrons. The van der Waals surface area contributed by atoms with E-state index in [2.05, 4.69) is 5.32 Å². The van der Waals surface area contributed by atoms with Crippen molar-refractivity contribution < 1.29 is 19.1 Å². The first-order valence-electron chi connectivity index (χ1n) is 5.76. The maximum Gasteiger partial charge on any atom is 0.321 e. The Hall–Kier alpha value is -2.75. The number of amides is 3. The molecule has 0 aliphatic carbocycles. The van der Waals surface area contributed by atoms with E-state index in [0.29, 0.717) is 11.5 Å². The van der Waals surface area contributed by atoms with Gasteiger partial charge in [-0.15, -0.1) is 0 Å². The van der Waals surface area contributed by atoms with Gasteiger partial charge in [0.25, 0.3) is 0 Å². The predicted molar refractivity (Wildman–Crippen MR) is 70.2 cm³/mol. The third-order valence-electron chi connectivity index (χ3n) is 2.39. The largest absolute Gasteiger partial charge is 0.493 e. The second kappa shape index (κ2) is 7.63. The molecule has 0 aliphatic rings. The van der Waals surface area contributed by atoms with Gasteiger partial charge in [-0.05, 0) is 17.7 Å². The fourth-order valence-corrected chi connectivity index (χ4v) is 1.46. The maximum atomic E-state index is 11.4. The van der Waals surface area contributed by atoms with Crippen LogP contribution in [0.15, 0.2) is 18.2 Å². The molecular formula is C13H15N3O4. The highest BCUT2D eigenvalue weighted by atomic mass is 16.5. The van der Waals surface area contributed by atoms with Gasteiger partial charge in [0.2, 0.25) is 5.91 Å². The van der Waals surface area contributed by atoms with Crippen molar-refractivity contribution in [3.05, 3.63) is 23.8 Å². The van der Waals surface area contributed by atoms with Crippen molar-refractivity contribution in [2.24, 2.45) is 0 Å². The Balaban J connectivity index is 2.55. The second-order valence-corrected chi connectivity index (χ2v) is 3.76. The Morgan fingerprint density at radius 1 is 1.25 bits per heavy atom. The fraction of sp³-hybridized carbons (Fsp3) is 0.308. The van der Waals surface area contributed by atoms with Gasteiger partial charge in [-0.3, -0.25) is 10.1 Å². The van der Waals surface area contributed by atoms with Crippen molar-refractivity contribution in [2.45, 2.75) is 13.0 Å². The molecule has 0 spiro atoms. The van der Waals surface area contributed by atoms with Crippen LogP contribution in [0.25, 0.3) is 0 Å². The summed E-state index contributed by atoms with van der Waals surface area (Å²) < 4.78 is 10.2. The van der Waals surface area contributed by atoms with Crippen molar-refractivity contribution >= 4 is 11.9 Å². The van der Waals surface area contributed by atoms with Crippen molar-refractivity contribution in [1.82, 2.24) is 10.6 Å². The summed E-state index contributed by atoms with van der Waals surface area (Å²) in [5, 5.41) is 12.8. The summed E-state index contributed by atoms with van der Waals surface area (Å²) in [6.07, 6.45) is -0.357. The van der Waals surface area contributed by atoms with E-state index >= 15 is 0 Å².